The summed E-state index contributed by atoms with van der Waals surface area (Å²) in [4.78, 5) is 19.2. The van der Waals surface area contributed by atoms with E-state index in [1.54, 1.807) is 6.07 Å². The molecule has 2 aliphatic rings. The van der Waals surface area contributed by atoms with E-state index in [9.17, 15) is 4.79 Å². The number of ether oxygens (including phenoxy) is 2. The first kappa shape index (κ1) is 17.7. The topological polar surface area (TPSA) is 68.6 Å². The second-order valence-electron chi connectivity index (χ2n) is 7.12. The Morgan fingerprint density at radius 2 is 2.22 bits per heavy atom. The first-order valence-electron chi connectivity index (χ1n) is 9.71. The number of aryl methyl sites for hydroxylation is 1. The van der Waals surface area contributed by atoms with Gasteiger partial charge < -0.3 is 24.3 Å². The zero-order chi connectivity index (χ0) is 18.6. The number of likely N-dealkylation sites (tertiary alicyclic amines) is 1. The molecule has 27 heavy (non-hydrogen) atoms. The first-order valence-corrected chi connectivity index (χ1v) is 9.71. The SMILES string of the molecule is CCCCn1ccnc1C1CCCN(C(=O)Nc2ccc3c(c2)OCO3)C1. The van der Waals surface area contributed by atoms with Crippen molar-refractivity contribution < 1.29 is 14.3 Å². The number of hydrogen-bond acceptors (Lipinski definition) is 4. The van der Waals surface area contributed by atoms with Crippen LogP contribution >= 0.6 is 0 Å². The number of urea groups is 1. The van der Waals surface area contributed by atoms with Crippen LogP contribution in [0.1, 0.15) is 44.3 Å². The van der Waals surface area contributed by atoms with Crippen molar-refractivity contribution in [2.24, 2.45) is 0 Å². The number of imidazole rings is 1. The van der Waals surface area contributed by atoms with E-state index in [-0.39, 0.29) is 18.7 Å². The third kappa shape index (κ3) is 3.86. The molecule has 0 bridgehead atoms. The van der Waals surface area contributed by atoms with Gasteiger partial charge in [0.1, 0.15) is 5.82 Å². The number of amides is 2. The van der Waals surface area contributed by atoms with Crippen molar-refractivity contribution in [1.29, 1.82) is 0 Å². The number of piperidine rings is 1. The fourth-order valence-electron chi connectivity index (χ4n) is 3.75. The minimum Gasteiger partial charge on any atom is -0.454 e. The number of nitrogens with zero attached hydrogens (tertiary/aromatic N) is 3. The molecule has 7 nitrogen and oxygen atoms in total. The van der Waals surface area contributed by atoms with Gasteiger partial charge in [0.25, 0.3) is 0 Å². The number of fused-ring (bicyclic) bond motifs is 1. The van der Waals surface area contributed by atoms with Gasteiger partial charge in [-0.05, 0) is 31.4 Å². The molecule has 2 aliphatic heterocycles. The van der Waals surface area contributed by atoms with Crippen LogP contribution in [0.15, 0.2) is 30.6 Å². The highest BCUT2D eigenvalue weighted by Gasteiger charge is 2.27. The van der Waals surface area contributed by atoms with Crippen molar-refractivity contribution in [1.82, 2.24) is 14.5 Å². The van der Waals surface area contributed by atoms with Gasteiger partial charge in [-0.1, -0.05) is 13.3 Å². The van der Waals surface area contributed by atoms with Gasteiger partial charge >= 0.3 is 6.03 Å². The molecule has 0 aliphatic carbocycles. The third-order valence-corrected chi connectivity index (χ3v) is 5.20. The predicted octanol–water partition coefficient (Wildman–Crippen LogP) is 3.82. The van der Waals surface area contributed by atoms with Gasteiger partial charge in [-0.25, -0.2) is 9.78 Å². The molecular weight excluding hydrogens is 344 g/mol. The average Bonchev–Trinajstić information content (AvgIpc) is 3.35. The summed E-state index contributed by atoms with van der Waals surface area (Å²) in [5.74, 6) is 2.77. The van der Waals surface area contributed by atoms with E-state index in [0.717, 1.165) is 50.3 Å². The van der Waals surface area contributed by atoms with E-state index < -0.39 is 0 Å². The highest BCUT2D eigenvalue weighted by molar-refractivity contribution is 5.89. The number of anilines is 1. The summed E-state index contributed by atoms with van der Waals surface area (Å²) in [6, 6.07) is 5.38. The lowest BCUT2D eigenvalue weighted by atomic mass is 9.97. The minimum absolute atomic E-state index is 0.0785. The summed E-state index contributed by atoms with van der Waals surface area (Å²) in [5.41, 5.74) is 0.718. The Bertz CT molecular complexity index is 804. The molecule has 4 rings (SSSR count). The van der Waals surface area contributed by atoms with Crippen LogP contribution in [0.3, 0.4) is 0 Å². The Morgan fingerprint density at radius 3 is 3.11 bits per heavy atom. The molecule has 1 unspecified atom stereocenters. The third-order valence-electron chi connectivity index (χ3n) is 5.20. The Morgan fingerprint density at radius 1 is 1.33 bits per heavy atom. The zero-order valence-corrected chi connectivity index (χ0v) is 15.7. The van der Waals surface area contributed by atoms with Gasteiger partial charge in [-0.15, -0.1) is 0 Å². The highest BCUT2D eigenvalue weighted by Crippen LogP contribution is 2.34. The highest BCUT2D eigenvalue weighted by atomic mass is 16.7. The normalized spacial score (nSPS) is 18.6. The number of nitrogens with one attached hydrogen (secondary N) is 1. The van der Waals surface area contributed by atoms with Crippen molar-refractivity contribution in [2.75, 3.05) is 25.2 Å². The van der Waals surface area contributed by atoms with Crippen molar-refractivity contribution in [3.63, 3.8) is 0 Å². The molecule has 3 heterocycles. The molecule has 1 atom stereocenters. The number of carbonyl (C=O) groups excluding carboxylic acids is 1. The average molecular weight is 370 g/mol. The summed E-state index contributed by atoms with van der Waals surface area (Å²) in [6.45, 7) is 4.87. The molecule has 1 fully saturated rings. The van der Waals surface area contributed by atoms with Crippen molar-refractivity contribution in [3.05, 3.63) is 36.4 Å². The second kappa shape index (κ2) is 7.90. The number of benzene rings is 1. The molecule has 1 N–H and O–H groups in total. The van der Waals surface area contributed by atoms with Gasteiger partial charge in [0.05, 0.1) is 0 Å². The van der Waals surface area contributed by atoms with Crippen molar-refractivity contribution in [3.8, 4) is 11.5 Å². The van der Waals surface area contributed by atoms with Crippen LogP contribution in [0.5, 0.6) is 11.5 Å². The lowest BCUT2D eigenvalue weighted by Gasteiger charge is -2.32. The maximum Gasteiger partial charge on any atom is 0.321 e. The maximum atomic E-state index is 12.8. The van der Waals surface area contributed by atoms with Crippen molar-refractivity contribution >= 4 is 11.7 Å². The molecule has 2 aromatic rings. The summed E-state index contributed by atoms with van der Waals surface area (Å²) in [5, 5.41) is 2.98. The quantitative estimate of drug-likeness (QED) is 0.869. The number of rotatable bonds is 5. The van der Waals surface area contributed by atoms with Crippen LogP contribution in [0.4, 0.5) is 10.5 Å². The van der Waals surface area contributed by atoms with E-state index in [1.165, 1.54) is 0 Å². The molecule has 1 aromatic carbocycles. The summed E-state index contributed by atoms with van der Waals surface area (Å²) in [7, 11) is 0. The lowest BCUT2D eigenvalue weighted by Crippen LogP contribution is -2.42. The number of carbonyl (C=O) groups is 1. The van der Waals surface area contributed by atoms with Crippen LogP contribution < -0.4 is 14.8 Å². The van der Waals surface area contributed by atoms with E-state index in [1.807, 2.05) is 23.2 Å². The fraction of sp³-hybridized carbons (Fsp3) is 0.500. The number of aromatic nitrogens is 2. The molecule has 1 saturated heterocycles. The monoisotopic (exact) mass is 370 g/mol. The van der Waals surface area contributed by atoms with Crippen molar-refractivity contribution in [2.45, 2.75) is 45.1 Å². The number of unbranched alkanes of at least 4 members (excludes halogenated alkanes) is 1. The van der Waals surface area contributed by atoms with Gasteiger partial charge in [0.2, 0.25) is 6.79 Å². The summed E-state index contributed by atoms with van der Waals surface area (Å²) >= 11 is 0. The molecule has 2 amide bonds. The molecule has 1 aromatic heterocycles. The largest absolute Gasteiger partial charge is 0.454 e. The first-order chi connectivity index (χ1) is 13.2. The molecule has 0 saturated carbocycles. The van der Waals surface area contributed by atoms with E-state index in [2.05, 4.69) is 28.0 Å². The van der Waals surface area contributed by atoms with E-state index >= 15 is 0 Å². The van der Waals surface area contributed by atoms with Gasteiger partial charge in [0, 0.05) is 49.7 Å². The summed E-state index contributed by atoms with van der Waals surface area (Å²) in [6.07, 6.45) is 8.28. The molecule has 144 valence electrons. The second-order valence-corrected chi connectivity index (χ2v) is 7.12. The zero-order valence-electron chi connectivity index (χ0n) is 15.7. The van der Waals surface area contributed by atoms with Crippen LogP contribution in [-0.4, -0.2) is 40.4 Å². The van der Waals surface area contributed by atoms with Crippen LogP contribution in [0.2, 0.25) is 0 Å². The standard InChI is InChI=1S/C20H26N4O3/c1-2-3-9-23-11-8-21-19(23)15-5-4-10-24(13-15)20(25)22-16-6-7-17-18(12-16)27-14-26-17/h6-8,11-12,15H,2-5,9-10,13-14H2,1H3,(H,22,25). The van der Waals surface area contributed by atoms with E-state index in [4.69, 9.17) is 9.47 Å². The van der Waals surface area contributed by atoms with Crippen LogP contribution in [-0.2, 0) is 6.54 Å². The number of hydrogen-bond donors (Lipinski definition) is 1. The smallest absolute Gasteiger partial charge is 0.321 e. The molecule has 0 radical (unpaired) electrons. The Balaban J connectivity index is 1.40. The minimum atomic E-state index is -0.0785. The Hall–Kier alpha value is -2.70. The van der Waals surface area contributed by atoms with Gasteiger partial charge in [0.15, 0.2) is 11.5 Å². The Kier molecular flexibility index (Phi) is 5.18. The van der Waals surface area contributed by atoms with Crippen LogP contribution in [0.25, 0.3) is 0 Å². The van der Waals surface area contributed by atoms with E-state index in [0.29, 0.717) is 18.0 Å². The van der Waals surface area contributed by atoms with Gasteiger partial charge in [-0.3, -0.25) is 0 Å². The van der Waals surface area contributed by atoms with Gasteiger partial charge in [-0.2, -0.15) is 0 Å². The summed E-state index contributed by atoms with van der Waals surface area (Å²) < 4.78 is 12.9. The lowest BCUT2D eigenvalue weighted by molar-refractivity contribution is 0.174. The molecule has 0 spiro atoms. The molecule has 7 heteroatoms. The Labute approximate surface area is 159 Å². The van der Waals surface area contributed by atoms with Crippen LogP contribution in [0, 0.1) is 0 Å². The molecular formula is C20H26N4O3. The fourth-order valence-corrected chi connectivity index (χ4v) is 3.75. The maximum absolute atomic E-state index is 12.8. The predicted molar refractivity (Wildman–Crippen MR) is 102 cm³/mol.